The summed E-state index contributed by atoms with van der Waals surface area (Å²) < 4.78 is 1.90. The van der Waals surface area contributed by atoms with Crippen molar-refractivity contribution in [1.82, 2.24) is 0 Å². The topological polar surface area (TPSA) is 44.7 Å². The van der Waals surface area contributed by atoms with Crippen LogP contribution in [-0.2, 0) is 6.54 Å². The van der Waals surface area contributed by atoms with E-state index in [1.165, 1.54) is 0 Å². The first kappa shape index (κ1) is 15.6. The fourth-order valence-corrected chi connectivity index (χ4v) is 1.72. The number of rotatable bonds is 3. The Kier molecular flexibility index (Phi) is 6.12. The zero-order chi connectivity index (χ0) is 15.0. The highest BCUT2D eigenvalue weighted by molar-refractivity contribution is 5.95. The average molecular weight is 267 g/mol. The van der Waals surface area contributed by atoms with E-state index >= 15 is 0 Å². The molecule has 3 heteroatoms. The van der Waals surface area contributed by atoms with Gasteiger partial charge in [-0.25, -0.2) is 0 Å². The molecule has 0 saturated carbocycles. The zero-order valence-electron chi connectivity index (χ0n) is 12.1. The number of carbonyl (C=O) groups excluding carboxylic acids is 1. The van der Waals surface area contributed by atoms with Gasteiger partial charge in [0.05, 0.1) is 11.6 Å². The molecule has 0 aliphatic rings. The molecule has 3 nitrogen and oxygen atoms in total. The van der Waals surface area contributed by atoms with E-state index in [4.69, 9.17) is 5.26 Å². The van der Waals surface area contributed by atoms with Crippen molar-refractivity contribution in [3.63, 3.8) is 0 Å². The van der Waals surface area contributed by atoms with Crippen LogP contribution < -0.4 is 4.57 Å². The molecule has 2 aromatic rings. The number of hydrogen-bond acceptors (Lipinski definition) is 2. The number of aryl methyl sites for hydroxylation is 1. The fraction of sp³-hybridized carbons (Fsp3) is 0.235. The minimum atomic E-state index is 0.0405. The molecule has 0 unspecified atom stereocenters. The molecule has 1 aromatic carbocycles. The van der Waals surface area contributed by atoms with Crippen molar-refractivity contribution in [2.45, 2.75) is 27.3 Å². The highest BCUT2D eigenvalue weighted by atomic mass is 16.1. The first-order valence-corrected chi connectivity index (χ1v) is 6.69. The quantitative estimate of drug-likeness (QED) is 0.633. The third kappa shape index (κ3) is 4.03. The summed E-state index contributed by atoms with van der Waals surface area (Å²) in [7, 11) is 0. The summed E-state index contributed by atoms with van der Waals surface area (Å²) in [4.78, 5) is 12.1. The van der Waals surface area contributed by atoms with E-state index in [-0.39, 0.29) is 5.78 Å². The van der Waals surface area contributed by atoms with Crippen molar-refractivity contribution >= 4 is 5.78 Å². The number of nitriles is 1. The van der Waals surface area contributed by atoms with Crippen LogP contribution in [0.25, 0.3) is 0 Å². The molecule has 0 aliphatic heterocycles. The number of nitrogens with zero attached hydrogens (tertiary/aromatic N) is 2. The molecule has 0 amide bonds. The van der Waals surface area contributed by atoms with Crippen LogP contribution in [0.5, 0.6) is 0 Å². The average Bonchev–Trinajstić information content (AvgIpc) is 2.51. The van der Waals surface area contributed by atoms with Gasteiger partial charge >= 0.3 is 0 Å². The van der Waals surface area contributed by atoms with E-state index in [0.717, 1.165) is 5.69 Å². The summed E-state index contributed by atoms with van der Waals surface area (Å²) in [5, 5.41) is 8.70. The van der Waals surface area contributed by atoms with Crippen LogP contribution in [0.3, 0.4) is 0 Å². The van der Waals surface area contributed by atoms with E-state index in [1.54, 1.807) is 24.3 Å². The van der Waals surface area contributed by atoms with E-state index in [9.17, 15) is 4.79 Å². The van der Waals surface area contributed by atoms with Crippen LogP contribution in [0.15, 0.2) is 48.7 Å². The van der Waals surface area contributed by atoms with Gasteiger partial charge in [-0.3, -0.25) is 4.79 Å². The SMILES string of the molecule is CC.Cc1cccc[n+]1CC(=O)c1ccc(C#N)cc1. The number of Topliss-reactive ketones (excluding diaryl/α,β-unsaturated/α-hetero) is 1. The van der Waals surface area contributed by atoms with Gasteiger partial charge in [0.1, 0.15) is 0 Å². The Morgan fingerprint density at radius 1 is 1.15 bits per heavy atom. The summed E-state index contributed by atoms with van der Waals surface area (Å²) in [6, 6.07) is 14.6. The van der Waals surface area contributed by atoms with Gasteiger partial charge in [0.25, 0.3) is 0 Å². The lowest BCUT2D eigenvalue weighted by Gasteiger charge is -2.00. The zero-order valence-corrected chi connectivity index (χ0v) is 12.1. The van der Waals surface area contributed by atoms with Crippen LogP contribution in [0.1, 0.15) is 35.5 Å². The molecule has 0 aliphatic carbocycles. The molecule has 0 bridgehead atoms. The predicted molar refractivity (Wildman–Crippen MR) is 78.2 cm³/mol. The van der Waals surface area contributed by atoms with Crippen LogP contribution >= 0.6 is 0 Å². The summed E-state index contributed by atoms with van der Waals surface area (Å²) in [6.07, 6.45) is 1.89. The number of carbonyl (C=O) groups is 1. The molecule has 0 N–H and O–H groups in total. The van der Waals surface area contributed by atoms with E-state index in [1.807, 2.05) is 55.8 Å². The Bertz CT molecular complexity index is 610. The highest BCUT2D eigenvalue weighted by Crippen LogP contribution is 2.04. The maximum absolute atomic E-state index is 12.1. The maximum Gasteiger partial charge on any atom is 0.227 e. The number of pyridine rings is 1. The molecule has 102 valence electrons. The van der Waals surface area contributed by atoms with Crippen LogP contribution in [0, 0.1) is 18.3 Å². The summed E-state index contributed by atoms with van der Waals surface area (Å²) in [5.74, 6) is 0.0405. The predicted octanol–water partition coefficient (Wildman–Crippen LogP) is 3.06. The van der Waals surface area contributed by atoms with Crippen molar-refractivity contribution in [3.8, 4) is 6.07 Å². The molecule has 0 atom stereocenters. The standard InChI is InChI=1S/C15H13N2O.C2H6/c1-12-4-2-3-9-17(12)11-15(18)14-7-5-13(10-16)6-8-14;1-2/h2-9H,11H2,1H3;1-2H3/q+1;. The van der Waals surface area contributed by atoms with Crippen molar-refractivity contribution in [3.05, 3.63) is 65.5 Å². The van der Waals surface area contributed by atoms with Crippen LogP contribution in [0.4, 0.5) is 0 Å². The van der Waals surface area contributed by atoms with Gasteiger partial charge in [0.2, 0.25) is 12.3 Å². The van der Waals surface area contributed by atoms with Crippen LogP contribution in [-0.4, -0.2) is 5.78 Å². The van der Waals surface area contributed by atoms with E-state index in [2.05, 4.69) is 0 Å². The molecule has 0 spiro atoms. The third-order valence-electron chi connectivity index (χ3n) is 2.82. The third-order valence-corrected chi connectivity index (χ3v) is 2.82. The lowest BCUT2D eigenvalue weighted by Crippen LogP contribution is -2.40. The van der Waals surface area contributed by atoms with Crippen molar-refractivity contribution < 1.29 is 9.36 Å². The molecular weight excluding hydrogens is 248 g/mol. The summed E-state index contributed by atoms with van der Waals surface area (Å²) in [6.45, 7) is 6.28. The van der Waals surface area contributed by atoms with Gasteiger partial charge < -0.3 is 0 Å². The number of aromatic nitrogens is 1. The monoisotopic (exact) mass is 267 g/mol. The summed E-state index contributed by atoms with van der Waals surface area (Å²) in [5.41, 5.74) is 2.24. The molecule has 0 saturated heterocycles. The van der Waals surface area contributed by atoms with Gasteiger partial charge in [0, 0.05) is 24.6 Å². The smallest absolute Gasteiger partial charge is 0.227 e. The second-order valence-corrected chi connectivity index (χ2v) is 4.08. The van der Waals surface area contributed by atoms with Gasteiger partial charge in [-0.05, 0) is 24.3 Å². The molecule has 1 heterocycles. The van der Waals surface area contributed by atoms with Crippen molar-refractivity contribution in [2.75, 3.05) is 0 Å². The van der Waals surface area contributed by atoms with Crippen molar-refractivity contribution in [1.29, 1.82) is 5.26 Å². The second-order valence-electron chi connectivity index (χ2n) is 4.08. The van der Waals surface area contributed by atoms with Gasteiger partial charge in [-0.15, -0.1) is 0 Å². The van der Waals surface area contributed by atoms with Crippen molar-refractivity contribution in [2.24, 2.45) is 0 Å². The van der Waals surface area contributed by atoms with Gasteiger partial charge in [-0.1, -0.05) is 19.9 Å². The highest BCUT2D eigenvalue weighted by Gasteiger charge is 2.13. The minimum absolute atomic E-state index is 0.0405. The lowest BCUT2D eigenvalue weighted by atomic mass is 10.1. The van der Waals surface area contributed by atoms with Gasteiger partial charge in [0.15, 0.2) is 11.9 Å². The lowest BCUT2D eigenvalue weighted by molar-refractivity contribution is -0.689. The number of ketones is 1. The van der Waals surface area contributed by atoms with E-state index in [0.29, 0.717) is 17.7 Å². The van der Waals surface area contributed by atoms with Crippen LogP contribution in [0.2, 0.25) is 0 Å². The molecule has 0 radical (unpaired) electrons. The normalized spacial score (nSPS) is 9.10. The number of benzene rings is 1. The Morgan fingerprint density at radius 2 is 1.80 bits per heavy atom. The first-order valence-electron chi connectivity index (χ1n) is 6.69. The Morgan fingerprint density at radius 3 is 2.35 bits per heavy atom. The summed E-state index contributed by atoms with van der Waals surface area (Å²) >= 11 is 0. The number of hydrogen-bond donors (Lipinski definition) is 0. The molecule has 2 rings (SSSR count). The Labute approximate surface area is 120 Å². The second kappa shape index (κ2) is 7.85. The molecule has 20 heavy (non-hydrogen) atoms. The first-order chi connectivity index (χ1) is 9.70. The fourth-order valence-electron chi connectivity index (χ4n) is 1.72. The largest absolute Gasteiger partial charge is 0.287 e. The van der Waals surface area contributed by atoms with Gasteiger partial charge in [-0.2, -0.15) is 9.83 Å². The van der Waals surface area contributed by atoms with E-state index < -0.39 is 0 Å². The Balaban J connectivity index is 0.000000956. The molecular formula is C17H19N2O+. The molecule has 1 aromatic heterocycles. The minimum Gasteiger partial charge on any atom is -0.287 e. The Hall–Kier alpha value is -2.47. The molecule has 0 fully saturated rings. The maximum atomic E-state index is 12.1.